The van der Waals surface area contributed by atoms with E-state index in [4.69, 9.17) is 0 Å². The topological polar surface area (TPSA) is 30.9 Å². The van der Waals surface area contributed by atoms with Crippen LogP contribution in [0, 0.1) is 0 Å². The fourth-order valence-electron chi connectivity index (χ4n) is 2.35. The molecule has 0 unspecified atom stereocenters. The van der Waals surface area contributed by atoms with Gasteiger partial charge in [-0.25, -0.2) is 0 Å². The molecule has 0 aliphatic rings. The molecule has 0 bridgehead atoms. The molecule has 2 rings (SSSR count). The maximum Gasteiger partial charge on any atom is 0.193 e. The summed E-state index contributed by atoms with van der Waals surface area (Å²) in [7, 11) is 8.03. The highest BCUT2D eigenvalue weighted by Gasteiger charge is 2.06. The molecule has 0 radical (unpaired) electrons. The number of halogens is 1. The fraction of sp³-hybridized carbons (Fsp3) is 0.389. The fourth-order valence-corrected chi connectivity index (χ4v) is 3.05. The minimum atomic E-state index is 0. The summed E-state index contributed by atoms with van der Waals surface area (Å²) in [5.41, 5.74) is 2.47. The van der Waals surface area contributed by atoms with E-state index in [9.17, 15) is 0 Å². The molecule has 4 nitrogen and oxygen atoms in total. The molecule has 0 spiro atoms. The first-order valence-electron chi connectivity index (χ1n) is 7.80. The van der Waals surface area contributed by atoms with Gasteiger partial charge in [-0.1, -0.05) is 18.2 Å². The van der Waals surface area contributed by atoms with E-state index in [0.29, 0.717) is 0 Å². The number of hydrogen-bond donors (Lipinski definition) is 1. The van der Waals surface area contributed by atoms with Gasteiger partial charge in [-0.15, -0.1) is 35.3 Å². The molecule has 0 fully saturated rings. The smallest absolute Gasteiger partial charge is 0.193 e. The lowest BCUT2D eigenvalue weighted by Gasteiger charge is -2.22. The van der Waals surface area contributed by atoms with Crippen LogP contribution < -0.4 is 10.2 Å². The van der Waals surface area contributed by atoms with E-state index in [0.717, 1.165) is 25.5 Å². The third-order valence-corrected chi connectivity index (χ3v) is 4.66. The Balaban J connectivity index is 0.00000288. The third kappa shape index (κ3) is 6.32. The zero-order valence-electron chi connectivity index (χ0n) is 14.8. The summed E-state index contributed by atoms with van der Waals surface area (Å²) in [6.45, 7) is 1.73. The Kier molecular flexibility index (Phi) is 9.13. The Morgan fingerprint density at radius 2 is 1.96 bits per heavy atom. The lowest BCUT2D eigenvalue weighted by molar-refractivity contribution is 0.486. The quantitative estimate of drug-likeness (QED) is 0.407. The minimum Gasteiger partial charge on any atom is -0.378 e. The number of guanidine groups is 1. The number of aliphatic imine (C=N–C) groups is 1. The lowest BCUT2D eigenvalue weighted by Crippen LogP contribution is -2.39. The van der Waals surface area contributed by atoms with Gasteiger partial charge in [0.15, 0.2) is 5.96 Å². The predicted octanol–water partition coefficient (Wildman–Crippen LogP) is 3.68. The second-order valence-corrected chi connectivity index (χ2v) is 6.75. The Bertz CT molecular complexity index is 626. The van der Waals surface area contributed by atoms with Gasteiger partial charge in [-0.2, -0.15) is 0 Å². The van der Waals surface area contributed by atoms with Crippen LogP contribution in [0.15, 0.2) is 46.8 Å². The van der Waals surface area contributed by atoms with Crippen LogP contribution in [0.5, 0.6) is 0 Å². The van der Waals surface area contributed by atoms with Crippen LogP contribution in [0.2, 0.25) is 0 Å². The van der Waals surface area contributed by atoms with Crippen molar-refractivity contribution in [2.45, 2.75) is 13.0 Å². The monoisotopic (exact) mass is 458 g/mol. The van der Waals surface area contributed by atoms with E-state index in [-0.39, 0.29) is 24.0 Å². The van der Waals surface area contributed by atoms with Crippen LogP contribution in [-0.4, -0.2) is 45.6 Å². The predicted molar refractivity (Wildman–Crippen MR) is 117 cm³/mol. The molecule has 24 heavy (non-hydrogen) atoms. The average Bonchev–Trinajstić information content (AvgIpc) is 3.07. The van der Waals surface area contributed by atoms with Gasteiger partial charge in [-0.05, 0) is 35.6 Å². The van der Waals surface area contributed by atoms with Crippen molar-refractivity contribution in [3.8, 4) is 0 Å². The molecule has 1 aromatic heterocycles. The maximum absolute atomic E-state index is 4.38. The van der Waals surface area contributed by atoms with Gasteiger partial charge < -0.3 is 15.1 Å². The average molecular weight is 458 g/mol. The first-order chi connectivity index (χ1) is 11.1. The number of anilines is 1. The number of nitrogens with zero attached hydrogens (tertiary/aromatic N) is 3. The van der Waals surface area contributed by atoms with Crippen LogP contribution in [-0.2, 0) is 13.0 Å². The van der Waals surface area contributed by atoms with E-state index in [2.05, 4.69) is 83.0 Å². The molecule has 0 atom stereocenters. The number of likely N-dealkylation sites (N-methyl/N-ethyl adjacent to an activating group) is 1. The van der Waals surface area contributed by atoms with Crippen LogP contribution in [0.3, 0.4) is 0 Å². The van der Waals surface area contributed by atoms with Gasteiger partial charge in [0.25, 0.3) is 0 Å². The summed E-state index contributed by atoms with van der Waals surface area (Å²) < 4.78 is 0. The molecule has 0 aliphatic heterocycles. The lowest BCUT2D eigenvalue weighted by atomic mass is 10.2. The largest absolute Gasteiger partial charge is 0.378 e. The first-order valence-corrected chi connectivity index (χ1v) is 8.68. The van der Waals surface area contributed by atoms with Crippen LogP contribution in [0.1, 0.15) is 10.4 Å². The van der Waals surface area contributed by atoms with Crippen molar-refractivity contribution in [2.75, 3.05) is 39.6 Å². The Morgan fingerprint density at radius 3 is 2.58 bits per heavy atom. The Hall–Kier alpha value is -1.28. The van der Waals surface area contributed by atoms with E-state index >= 15 is 0 Å². The maximum atomic E-state index is 4.38. The van der Waals surface area contributed by atoms with Gasteiger partial charge in [0, 0.05) is 51.8 Å². The standard InChI is InChI=1S/C18H26N4S.HI/c1-19-18(22(4)11-10-17-9-6-12-23-17)20-14-15-7-5-8-16(13-15)21(2)3;/h5-9,12-13H,10-11,14H2,1-4H3,(H,19,20);1H. The number of thiophene rings is 1. The highest BCUT2D eigenvalue weighted by atomic mass is 127. The normalized spacial score (nSPS) is 10.9. The molecular weight excluding hydrogens is 431 g/mol. The zero-order chi connectivity index (χ0) is 16.7. The summed E-state index contributed by atoms with van der Waals surface area (Å²) in [6, 6.07) is 12.8. The molecular formula is C18H27IN4S. The van der Waals surface area contributed by atoms with E-state index in [1.165, 1.54) is 16.1 Å². The van der Waals surface area contributed by atoms with Crippen molar-refractivity contribution < 1.29 is 0 Å². The summed E-state index contributed by atoms with van der Waals surface area (Å²) in [5, 5.41) is 5.57. The molecule has 1 heterocycles. The summed E-state index contributed by atoms with van der Waals surface area (Å²) in [5.74, 6) is 0.928. The molecule has 0 amide bonds. The first kappa shape index (κ1) is 20.8. The highest BCUT2D eigenvalue weighted by Crippen LogP contribution is 2.13. The molecule has 132 valence electrons. The summed E-state index contributed by atoms with van der Waals surface area (Å²) in [6.07, 6.45) is 1.05. The van der Waals surface area contributed by atoms with Gasteiger partial charge in [0.2, 0.25) is 0 Å². The molecule has 2 aromatic rings. The molecule has 1 aromatic carbocycles. The number of nitrogens with one attached hydrogen (secondary N) is 1. The number of hydrogen-bond acceptors (Lipinski definition) is 3. The molecule has 0 saturated heterocycles. The zero-order valence-corrected chi connectivity index (χ0v) is 18.0. The van der Waals surface area contributed by atoms with Gasteiger partial charge in [0.05, 0.1) is 0 Å². The Labute approximate surface area is 166 Å². The van der Waals surface area contributed by atoms with Gasteiger partial charge in [0.1, 0.15) is 0 Å². The van der Waals surface area contributed by atoms with Crippen molar-refractivity contribution >= 4 is 47.0 Å². The number of benzene rings is 1. The van der Waals surface area contributed by atoms with E-state index in [1.807, 2.05) is 18.4 Å². The number of rotatable bonds is 6. The minimum absolute atomic E-state index is 0. The Morgan fingerprint density at radius 1 is 1.17 bits per heavy atom. The summed E-state index contributed by atoms with van der Waals surface area (Å²) in [4.78, 5) is 10.1. The molecule has 0 aliphatic carbocycles. The van der Waals surface area contributed by atoms with E-state index < -0.39 is 0 Å². The van der Waals surface area contributed by atoms with Crippen molar-refractivity contribution in [3.05, 3.63) is 52.2 Å². The molecule has 0 saturated carbocycles. The van der Waals surface area contributed by atoms with E-state index in [1.54, 1.807) is 0 Å². The van der Waals surface area contributed by atoms with Gasteiger partial charge in [-0.3, -0.25) is 4.99 Å². The third-order valence-electron chi connectivity index (χ3n) is 3.72. The van der Waals surface area contributed by atoms with Crippen molar-refractivity contribution in [1.82, 2.24) is 10.2 Å². The van der Waals surface area contributed by atoms with Crippen LogP contribution >= 0.6 is 35.3 Å². The SMILES string of the molecule is CN=C(NCc1cccc(N(C)C)c1)N(C)CCc1cccs1.I. The van der Waals surface area contributed by atoms with Crippen molar-refractivity contribution in [1.29, 1.82) is 0 Å². The van der Waals surface area contributed by atoms with Crippen molar-refractivity contribution in [2.24, 2.45) is 4.99 Å². The van der Waals surface area contributed by atoms with Gasteiger partial charge >= 0.3 is 0 Å². The second-order valence-electron chi connectivity index (χ2n) is 5.72. The van der Waals surface area contributed by atoms with Crippen molar-refractivity contribution in [3.63, 3.8) is 0 Å². The highest BCUT2D eigenvalue weighted by molar-refractivity contribution is 14.0. The molecule has 1 N–H and O–H groups in total. The summed E-state index contributed by atoms with van der Waals surface area (Å²) >= 11 is 1.81. The van der Waals surface area contributed by atoms with Crippen LogP contribution in [0.4, 0.5) is 5.69 Å². The van der Waals surface area contributed by atoms with Crippen LogP contribution in [0.25, 0.3) is 0 Å². The molecule has 6 heteroatoms. The second kappa shape index (κ2) is 10.6.